The topological polar surface area (TPSA) is 23.5 Å². The van der Waals surface area contributed by atoms with Crippen molar-refractivity contribution >= 4 is 12.6 Å². The lowest BCUT2D eigenvalue weighted by molar-refractivity contribution is 0.199. The van der Waals surface area contributed by atoms with Gasteiger partial charge in [-0.05, 0) is 31.7 Å². The Labute approximate surface area is 81.4 Å². The molecule has 0 aromatic rings. The second-order valence-corrected chi connectivity index (χ2v) is 3.39. The van der Waals surface area contributed by atoms with Gasteiger partial charge in [-0.25, -0.2) is 0 Å². The van der Waals surface area contributed by atoms with Crippen LogP contribution in [0.5, 0.6) is 0 Å². The van der Waals surface area contributed by atoms with E-state index in [9.17, 15) is 0 Å². The second-order valence-electron chi connectivity index (χ2n) is 2.94. The van der Waals surface area contributed by atoms with Crippen molar-refractivity contribution in [1.82, 2.24) is 4.90 Å². The van der Waals surface area contributed by atoms with Crippen molar-refractivity contribution in [2.45, 2.75) is 26.2 Å². The minimum atomic E-state index is 0.278. The summed E-state index contributed by atoms with van der Waals surface area (Å²) >= 11 is 4.16. The molecule has 0 aromatic carbocycles. The van der Waals surface area contributed by atoms with Crippen LogP contribution in [-0.4, -0.2) is 42.0 Å². The number of likely N-dealkylation sites (N-methyl/N-ethyl adjacent to an activating group) is 1. The molecular weight excluding hydrogens is 170 g/mol. The highest BCUT2D eigenvalue weighted by molar-refractivity contribution is 7.80. The first-order valence-corrected chi connectivity index (χ1v) is 5.42. The molecule has 0 unspecified atom stereocenters. The van der Waals surface area contributed by atoms with Crippen LogP contribution in [-0.2, 0) is 0 Å². The molecule has 0 radical (unpaired) electrons. The zero-order chi connectivity index (χ0) is 9.23. The minimum Gasteiger partial charge on any atom is -0.395 e. The molecule has 3 heteroatoms. The lowest BCUT2D eigenvalue weighted by Gasteiger charge is -2.18. The summed E-state index contributed by atoms with van der Waals surface area (Å²) in [6, 6.07) is 0. The van der Waals surface area contributed by atoms with E-state index in [2.05, 4.69) is 24.5 Å². The van der Waals surface area contributed by atoms with E-state index in [1.165, 1.54) is 19.3 Å². The quantitative estimate of drug-likeness (QED) is 0.447. The zero-order valence-corrected chi connectivity index (χ0v) is 8.89. The van der Waals surface area contributed by atoms with Gasteiger partial charge in [0.1, 0.15) is 0 Å². The van der Waals surface area contributed by atoms with Gasteiger partial charge >= 0.3 is 0 Å². The Bertz CT molecular complexity index is 90.6. The molecule has 0 aliphatic carbocycles. The van der Waals surface area contributed by atoms with E-state index in [0.717, 1.165) is 25.4 Å². The summed E-state index contributed by atoms with van der Waals surface area (Å²) in [6.45, 7) is 5.39. The Balaban J connectivity index is 3.19. The predicted octanol–water partition coefficient (Wildman–Crippen LogP) is 1.40. The van der Waals surface area contributed by atoms with Gasteiger partial charge in [0.25, 0.3) is 0 Å². The summed E-state index contributed by atoms with van der Waals surface area (Å²) in [4.78, 5) is 2.28. The van der Waals surface area contributed by atoms with E-state index in [4.69, 9.17) is 5.11 Å². The third-order valence-corrected chi connectivity index (χ3v) is 2.31. The Morgan fingerprint density at radius 2 is 1.92 bits per heavy atom. The first-order chi connectivity index (χ1) is 5.85. The number of aliphatic hydroxyl groups is 1. The fourth-order valence-corrected chi connectivity index (χ4v) is 1.42. The molecule has 74 valence electrons. The molecule has 0 fully saturated rings. The molecule has 0 saturated carbocycles. The van der Waals surface area contributed by atoms with E-state index in [1.54, 1.807) is 0 Å². The molecular formula is C9H21NOS. The van der Waals surface area contributed by atoms with Crippen LogP contribution in [0, 0.1) is 0 Å². The smallest absolute Gasteiger partial charge is 0.0558 e. The summed E-state index contributed by atoms with van der Waals surface area (Å²) in [5.41, 5.74) is 0. The Kier molecular flexibility index (Phi) is 9.57. The number of hydrogen-bond acceptors (Lipinski definition) is 3. The Morgan fingerprint density at radius 1 is 1.17 bits per heavy atom. The molecule has 0 aliphatic rings. The zero-order valence-electron chi connectivity index (χ0n) is 8.00. The van der Waals surface area contributed by atoms with E-state index < -0.39 is 0 Å². The molecule has 0 amide bonds. The predicted molar refractivity (Wildman–Crippen MR) is 56.9 cm³/mol. The van der Waals surface area contributed by atoms with Crippen LogP contribution in [0.3, 0.4) is 0 Å². The number of rotatable bonds is 8. The van der Waals surface area contributed by atoms with E-state index >= 15 is 0 Å². The van der Waals surface area contributed by atoms with Gasteiger partial charge in [-0.15, -0.1) is 0 Å². The third-order valence-electron chi connectivity index (χ3n) is 2.00. The van der Waals surface area contributed by atoms with Crippen LogP contribution in [0.2, 0.25) is 0 Å². The molecule has 0 aliphatic heterocycles. The van der Waals surface area contributed by atoms with Gasteiger partial charge in [-0.1, -0.05) is 13.3 Å². The summed E-state index contributed by atoms with van der Waals surface area (Å²) in [7, 11) is 0. The molecule has 0 spiro atoms. The Morgan fingerprint density at radius 3 is 2.42 bits per heavy atom. The van der Waals surface area contributed by atoms with Gasteiger partial charge in [0.15, 0.2) is 0 Å². The number of hydrogen-bond donors (Lipinski definition) is 2. The Hall–Kier alpha value is 0.270. The molecule has 0 heterocycles. The first-order valence-electron chi connectivity index (χ1n) is 4.79. The molecule has 0 aromatic heterocycles. The summed E-state index contributed by atoms with van der Waals surface area (Å²) < 4.78 is 0. The SMILES string of the molecule is CCN(CCO)CCCCCS. The highest BCUT2D eigenvalue weighted by Gasteiger charge is 1.99. The van der Waals surface area contributed by atoms with Crippen LogP contribution in [0.15, 0.2) is 0 Å². The molecule has 0 saturated heterocycles. The summed E-state index contributed by atoms with van der Waals surface area (Å²) in [5.74, 6) is 0.992. The van der Waals surface area contributed by atoms with Gasteiger partial charge < -0.3 is 10.0 Å². The van der Waals surface area contributed by atoms with Crippen molar-refractivity contribution in [2.75, 3.05) is 32.0 Å². The summed E-state index contributed by atoms with van der Waals surface area (Å²) in [5, 5.41) is 8.72. The van der Waals surface area contributed by atoms with Gasteiger partial charge in [-0.2, -0.15) is 12.6 Å². The number of thiol groups is 1. The minimum absolute atomic E-state index is 0.278. The van der Waals surface area contributed by atoms with Crippen LogP contribution >= 0.6 is 12.6 Å². The molecule has 0 bridgehead atoms. The maximum Gasteiger partial charge on any atom is 0.0558 e. The number of nitrogens with zero attached hydrogens (tertiary/aromatic N) is 1. The maximum absolute atomic E-state index is 8.72. The van der Waals surface area contributed by atoms with Crippen LogP contribution in [0.25, 0.3) is 0 Å². The summed E-state index contributed by atoms with van der Waals surface area (Å²) in [6.07, 6.45) is 3.69. The fraction of sp³-hybridized carbons (Fsp3) is 1.00. The van der Waals surface area contributed by atoms with Crippen molar-refractivity contribution < 1.29 is 5.11 Å². The van der Waals surface area contributed by atoms with Gasteiger partial charge in [-0.3, -0.25) is 0 Å². The number of aliphatic hydroxyl groups excluding tert-OH is 1. The van der Waals surface area contributed by atoms with E-state index in [0.29, 0.717) is 0 Å². The van der Waals surface area contributed by atoms with E-state index in [1.807, 2.05) is 0 Å². The van der Waals surface area contributed by atoms with E-state index in [-0.39, 0.29) is 6.61 Å². The van der Waals surface area contributed by atoms with Gasteiger partial charge in [0.2, 0.25) is 0 Å². The average Bonchev–Trinajstić information content (AvgIpc) is 2.10. The third kappa shape index (κ3) is 6.95. The largest absolute Gasteiger partial charge is 0.395 e. The fourth-order valence-electron chi connectivity index (χ4n) is 1.19. The van der Waals surface area contributed by atoms with Crippen molar-refractivity contribution in [3.63, 3.8) is 0 Å². The lowest BCUT2D eigenvalue weighted by Crippen LogP contribution is -2.27. The van der Waals surface area contributed by atoms with Gasteiger partial charge in [0.05, 0.1) is 6.61 Å². The van der Waals surface area contributed by atoms with Crippen molar-refractivity contribution in [3.8, 4) is 0 Å². The lowest BCUT2D eigenvalue weighted by atomic mass is 10.2. The standard InChI is InChI=1S/C9H21NOS/c1-2-10(7-8-11)6-4-3-5-9-12/h11-12H,2-9H2,1H3. The average molecular weight is 191 g/mol. The maximum atomic E-state index is 8.72. The van der Waals surface area contributed by atoms with Crippen molar-refractivity contribution in [3.05, 3.63) is 0 Å². The normalized spacial score (nSPS) is 11.0. The van der Waals surface area contributed by atoms with Crippen molar-refractivity contribution in [2.24, 2.45) is 0 Å². The monoisotopic (exact) mass is 191 g/mol. The van der Waals surface area contributed by atoms with Crippen LogP contribution in [0.1, 0.15) is 26.2 Å². The molecule has 0 atom stereocenters. The number of unbranched alkanes of at least 4 members (excludes halogenated alkanes) is 2. The molecule has 2 nitrogen and oxygen atoms in total. The van der Waals surface area contributed by atoms with Crippen LogP contribution in [0.4, 0.5) is 0 Å². The first kappa shape index (κ1) is 12.3. The molecule has 0 rings (SSSR count). The van der Waals surface area contributed by atoms with Crippen molar-refractivity contribution in [1.29, 1.82) is 0 Å². The molecule has 12 heavy (non-hydrogen) atoms. The van der Waals surface area contributed by atoms with Gasteiger partial charge in [0, 0.05) is 6.54 Å². The molecule has 1 N–H and O–H groups in total. The second kappa shape index (κ2) is 9.36. The highest BCUT2D eigenvalue weighted by atomic mass is 32.1. The highest BCUT2D eigenvalue weighted by Crippen LogP contribution is 1.99. The van der Waals surface area contributed by atoms with Crippen LogP contribution < -0.4 is 0 Å².